The van der Waals surface area contributed by atoms with Crippen molar-refractivity contribution >= 4 is 35.8 Å². The molecule has 0 atom stereocenters. The van der Waals surface area contributed by atoms with E-state index < -0.39 is 53.6 Å². The minimum absolute atomic E-state index is 0.124. The average molecular weight is 847 g/mol. The summed E-state index contributed by atoms with van der Waals surface area (Å²) < 4.78 is 33.5. The smallest absolute Gasteiger partial charge is 0.320 e. The summed E-state index contributed by atoms with van der Waals surface area (Å²) in [6, 6.07) is 5.15. The van der Waals surface area contributed by atoms with Gasteiger partial charge in [0.1, 0.15) is 0 Å². The lowest BCUT2D eigenvalue weighted by atomic mass is 9.89. The number of hydrogen-bond donors (Lipinski definition) is 0. The third kappa shape index (κ3) is 23.7. The van der Waals surface area contributed by atoms with E-state index in [2.05, 4.69) is 0 Å². The molecule has 0 heterocycles. The zero-order valence-corrected chi connectivity index (χ0v) is 38.0. The average Bonchev–Trinajstić information content (AvgIpc) is 3.24. The van der Waals surface area contributed by atoms with Crippen molar-refractivity contribution < 1.29 is 57.2 Å². The van der Waals surface area contributed by atoms with Crippen molar-refractivity contribution in [2.75, 3.05) is 39.6 Å². The zero-order chi connectivity index (χ0) is 44.4. The molecule has 0 saturated carbocycles. The van der Waals surface area contributed by atoms with Crippen LogP contribution in [0.5, 0.6) is 0 Å². The highest BCUT2D eigenvalue weighted by molar-refractivity contribution is 5.96. The molecule has 0 bridgehead atoms. The molecule has 1 aromatic rings. The van der Waals surface area contributed by atoms with Gasteiger partial charge in [0.2, 0.25) is 0 Å². The number of benzene rings is 1. The highest BCUT2D eigenvalue weighted by Crippen LogP contribution is 2.24. The third-order valence-electron chi connectivity index (χ3n) is 10.1. The van der Waals surface area contributed by atoms with Gasteiger partial charge in [0, 0.05) is 0 Å². The van der Waals surface area contributed by atoms with Crippen molar-refractivity contribution in [1.29, 1.82) is 0 Å². The van der Waals surface area contributed by atoms with Crippen molar-refractivity contribution in [1.82, 2.24) is 0 Å². The van der Waals surface area contributed by atoms with Crippen LogP contribution in [0.2, 0.25) is 0 Å². The Kier molecular flexibility index (Phi) is 31.3. The molecule has 60 heavy (non-hydrogen) atoms. The van der Waals surface area contributed by atoms with Gasteiger partial charge in [-0.1, -0.05) is 137 Å². The van der Waals surface area contributed by atoms with Crippen molar-refractivity contribution in [3.63, 3.8) is 0 Å². The Balaban J connectivity index is 3.77. The molecular formula is C48H78O12. The van der Waals surface area contributed by atoms with E-state index in [4.69, 9.17) is 28.4 Å². The summed E-state index contributed by atoms with van der Waals surface area (Å²) in [6.07, 6.45) is 14.2. The van der Waals surface area contributed by atoms with Crippen molar-refractivity contribution in [3.8, 4) is 0 Å². The Hall–Kier alpha value is -3.96. The van der Waals surface area contributed by atoms with Gasteiger partial charge in [0.05, 0.1) is 39.6 Å². The molecule has 0 aliphatic carbocycles. The maximum Gasteiger partial charge on any atom is 0.320 e. The summed E-state index contributed by atoms with van der Waals surface area (Å²) in [5, 5.41) is 0. The Morgan fingerprint density at radius 3 is 0.633 bits per heavy atom. The van der Waals surface area contributed by atoms with Gasteiger partial charge < -0.3 is 28.4 Å². The fourth-order valence-electron chi connectivity index (χ4n) is 6.44. The third-order valence-corrected chi connectivity index (χ3v) is 10.1. The fraction of sp³-hybridized carbons (Fsp3) is 0.750. The second-order valence-corrected chi connectivity index (χ2v) is 15.7. The molecule has 0 aliphatic heterocycles. The zero-order valence-electron chi connectivity index (χ0n) is 38.0. The van der Waals surface area contributed by atoms with Crippen molar-refractivity contribution in [2.45, 2.75) is 176 Å². The van der Waals surface area contributed by atoms with Crippen LogP contribution in [-0.4, -0.2) is 75.5 Å². The summed E-state index contributed by atoms with van der Waals surface area (Å²) in [4.78, 5) is 81.3. The second-order valence-electron chi connectivity index (χ2n) is 15.7. The molecule has 0 N–H and O–H groups in total. The number of esters is 6. The normalized spacial score (nSPS) is 11.2. The van der Waals surface area contributed by atoms with E-state index in [1.807, 2.05) is 41.5 Å². The van der Waals surface area contributed by atoms with E-state index >= 15 is 0 Å². The Morgan fingerprint density at radius 1 is 0.317 bits per heavy atom. The summed E-state index contributed by atoms with van der Waals surface area (Å²) in [6.45, 7) is 13.1. The highest BCUT2D eigenvalue weighted by atomic mass is 16.6. The molecule has 1 aromatic carbocycles. The van der Waals surface area contributed by atoms with Crippen LogP contribution in [0.3, 0.4) is 0 Å². The number of unbranched alkanes of at least 4 members (excludes halogenated alkanes) is 12. The number of ether oxygens (including phenoxy) is 6. The van der Waals surface area contributed by atoms with Gasteiger partial charge in [0.15, 0.2) is 17.8 Å². The summed E-state index contributed by atoms with van der Waals surface area (Å²) in [5.74, 6) is -8.21. The van der Waals surface area contributed by atoms with Crippen LogP contribution in [0.1, 0.15) is 174 Å². The van der Waals surface area contributed by atoms with Gasteiger partial charge >= 0.3 is 35.8 Å². The number of carbonyl (C=O) groups is 6. The first-order valence-corrected chi connectivity index (χ1v) is 23.2. The van der Waals surface area contributed by atoms with E-state index in [1.165, 1.54) is 0 Å². The quantitative estimate of drug-likeness (QED) is 0.0273. The molecule has 0 radical (unpaired) electrons. The highest BCUT2D eigenvalue weighted by Gasteiger charge is 2.34. The predicted octanol–water partition coefficient (Wildman–Crippen LogP) is 9.56. The SMILES string of the molecule is CCCCCOC(=O)C(Cc1cc(CC(C(=O)OCCCCC)C(=O)OCCCCC)cc(CC(C(=O)OCCCCC)C(=O)OCCCCC)c1)C(=O)OCCCCC. The maximum absolute atomic E-state index is 13.5. The lowest BCUT2D eigenvalue weighted by Crippen LogP contribution is -2.32. The minimum atomic E-state index is -1.30. The first-order valence-electron chi connectivity index (χ1n) is 23.2. The summed E-state index contributed by atoms with van der Waals surface area (Å²) in [5.41, 5.74) is 1.46. The van der Waals surface area contributed by atoms with Gasteiger partial charge in [-0.25, -0.2) is 0 Å². The van der Waals surface area contributed by atoms with Gasteiger partial charge in [-0.05, 0) is 74.5 Å². The van der Waals surface area contributed by atoms with Crippen LogP contribution in [0.4, 0.5) is 0 Å². The maximum atomic E-state index is 13.5. The monoisotopic (exact) mass is 847 g/mol. The standard InChI is InChI=1S/C48H78O12/c1-7-13-19-25-55-43(49)40(44(50)56-26-20-14-8-2)34-37-31-38(35-41(45(51)57-27-21-15-9-3)46(52)58-28-22-16-10-4)33-39(32-37)36-42(47(53)59-29-23-17-11-5)48(54)60-30-24-18-12-6/h31-33,40-42H,7-30,34-36H2,1-6H3. The van der Waals surface area contributed by atoms with Gasteiger partial charge in [-0.15, -0.1) is 0 Å². The summed E-state index contributed by atoms with van der Waals surface area (Å²) >= 11 is 0. The van der Waals surface area contributed by atoms with Crippen LogP contribution < -0.4 is 0 Å². The number of carbonyl (C=O) groups excluding carboxylic acids is 6. The van der Waals surface area contributed by atoms with Crippen LogP contribution in [0.25, 0.3) is 0 Å². The fourth-order valence-corrected chi connectivity index (χ4v) is 6.44. The molecule has 12 nitrogen and oxygen atoms in total. The lowest BCUT2D eigenvalue weighted by Gasteiger charge is -2.20. The molecule has 0 fully saturated rings. The first-order chi connectivity index (χ1) is 29.1. The van der Waals surface area contributed by atoms with Crippen LogP contribution >= 0.6 is 0 Å². The Labute approximate surface area is 360 Å². The molecule has 1 rings (SSSR count). The first kappa shape index (κ1) is 54.1. The molecule has 0 aliphatic rings. The second kappa shape index (κ2) is 34.7. The molecule has 0 saturated heterocycles. The van der Waals surface area contributed by atoms with Crippen molar-refractivity contribution in [3.05, 3.63) is 34.9 Å². The molecule has 342 valence electrons. The van der Waals surface area contributed by atoms with Crippen LogP contribution in [0, 0.1) is 17.8 Å². The van der Waals surface area contributed by atoms with E-state index in [-0.39, 0.29) is 58.9 Å². The van der Waals surface area contributed by atoms with Gasteiger partial charge in [-0.3, -0.25) is 28.8 Å². The van der Waals surface area contributed by atoms with Crippen LogP contribution in [0.15, 0.2) is 18.2 Å². The molecule has 0 amide bonds. The van der Waals surface area contributed by atoms with E-state index in [1.54, 1.807) is 18.2 Å². The molecule has 0 aromatic heterocycles. The van der Waals surface area contributed by atoms with Gasteiger partial charge in [0.25, 0.3) is 0 Å². The number of hydrogen-bond acceptors (Lipinski definition) is 12. The minimum Gasteiger partial charge on any atom is -0.465 e. The van der Waals surface area contributed by atoms with E-state index in [0.717, 1.165) is 77.0 Å². The van der Waals surface area contributed by atoms with E-state index in [0.29, 0.717) is 55.2 Å². The van der Waals surface area contributed by atoms with Gasteiger partial charge in [-0.2, -0.15) is 0 Å². The predicted molar refractivity (Wildman–Crippen MR) is 231 cm³/mol. The van der Waals surface area contributed by atoms with Crippen LogP contribution in [-0.2, 0) is 76.5 Å². The van der Waals surface area contributed by atoms with E-state index in [9.17, 15) is 28.8 Å². The largest absolute Gasteiger partial charge is 0.465 e. The Bertz CT molecular complexity index is 1130. The molecule has 12 heteroatoms. The lowest BCUT2D eigenvalue weighted by molar-refractivity contribution is -0.164. The summed E-state index contributed by atoms with van der Waals surface area (Å²) in [7, 11) is 0. The molecule has 0 unspecified atom stereocenters. The van der Waals surface area contributed by atoms with Crippen molar-refractivity contribution in [2.24, 2.45) is 17.8 Å². The Morgan fingerprint density at radius 2 is 0.483 bits per heavy atom. The topological polar surface area (TPSA) is 158 Å². The molecule has 0 spiro atoms. The number of rotatable bonds is 36. The molecular weight excluding hydrogens is 769 g/mol.